The largest absolute Gasteiger partial charge is 0.481 e. The van der Waals surface area contributed by atoms with Crippen LogP contribution < -0.4 is 0 Å². The maximum absolute atomic E-state index is 13.4. The van der Waals surface area contributed by atoms with Crippen LogP contribution in [0.3, 0.4) is 0 Å². The predicted octanol–water partition coefficient (Wildman–Crippen LogP) is 3.75. The molecule has 1 aromatic heterocycles. The summed E-state index contributed by atoms with van der Waals surface area (Å²) in [6.07, 6.45) is -0.797. The first-order valence-electron chi connectivity index (χ1n) is 4.26. The van der Waals surface area contributed by atoms with Crippen LogP contribution in [0.5, 0.6) is 0 Å². The number of carboxylic acid groups (broad SMARTS) is 1. The van der Waals surface area contributed by atoms with E-state index in [1.807, 2.05) is 0 Å². The highest BCUT2D eigenvalue weighted by Crippen LogP contribution is 2.40. The maximum Gasteiger partial charge on any atom is 0.303 e. The molecule has 0 aliphatic rings. The van der Waals surface area contributed by atoms with Gasteiger partial charge in [-0.25, -0.2) is 8.78 Å². The predicted molar refractivity (Wildman–Crippen MR) is 54.7 cm³/mol. The molecule has 84 valence electrons. The Hall–Kier alpha value is -0.680. The summed E-state index contributed by atoms with van der Waals surface area (Å²) in [4.78, 5) is 9.98. The van der Waals surface area contributed by atoms with Crippen molar-refractivity contribution in [3.05, 3.63) is 21.3 Å². The lowest BCUT2D eigenvalue weighted by atomic mass is 10.1. The molecule has 0 aliphatic carbocycles. The third-order valence-corrected chi connectivity index (χ3v) is 3.28. The Bertz CT molecular complexity index is 352. The molecule has 0 fully saturated rings. The molecule has 0 aromatic carbocycles. The standard InChI is InChI=1S/C9H9ClF2O2S/c10-6-3-5-15-8(6)9(11,12)4-1-2-7(13)14/h3,5H,1-2,4H2,(H,13,14). The molecule has 1 aromatic rings. The van der Waals surface area contributed by atoms with Crippen molar-refractivity contribution >= 4 is 28.9 Å². The molecular formula is C9H9ClF2O2S. The Labute approximate surface area is 94.5 Å². The summed E-state index contributed by atoms with van der Waals surface area (Å²) < 4.78 is 26.9. The highest BCUT2D eigenvalue weighted by atomic mass is 35.5. The molecule has 1 N–H and O–H groups in total. The van der Waals surface area contributed by atoms with E-state index in [4.69, 9.17) is 16.7 Å². The lowest BCUT2D eigenvalue weighted by Crippen LogP contribution is -2.12. The van der Waals surface area contributed by atoms with Crippen molar-refractivity contribution in [1.82, 2.24) is 0 Å². The van der Waals surface area contributed by atoms with Gasteiger partial charge in [-0.1, -0.05) is 11.6 Å². The summed E-state index contributed by atoms with van der Waals surface area (Å²) in [7, 11) is 0. The van der Waals surface area contributed by atoms with Crippen LogP contribution in [0.15, 0.2) is 11.4 Å². The van der Waals surface area contributed by atoms with Gasteiger partial charge in [-0.05, 0) is 17.9 Å². The third kappa shape index (κ3) is 3.43. The van der Waals surface area contributed by atoms with Gasteiger partial charge in [0.1, 0.15) is 0 Å². The number of hydrogen-bond acceptors (Lipinski definition) is 2. The molecule has 0 saturated heterocycles. The zero-order chi connectivity index (χ0) is 11.5. The second kappa shape index (κ2) is 4.90. The number of aliphatic carboxylic acids is 1. The molecule has 0 unspecified atom stereocenters. The Kier molecular flexibility index (Phi) is 4.04. The molecule has 0 spiro atoms. The first-order chi connectivity index (χ1) is 6.93. The average Bonchev–Trinajstić information content (AvgIpc) is 2.50. The molecule has 0 saturated carbocycles. The monoisotopic (exact) mass is 254 g/mol. The van der Waals surface area contributed by atoms with Crippen LogP contribution in [-0.2, 0) is 10.7 Å². The lowest BCUT2D eigenvalue weighted by Gasteiger charge is -2.14. The van der Waals surface area contributed by atoms with Gasteiger partial charge in [0.2, 0.25) is 0 Å². The van der Waals surface area contributed by atoms with Crippen molar-refractivity contribution in [3.63, 3.8) is 0 Å². The Morgan fingerprint density at radius 1 is 1.60 bits per heavy atom. The fourth-order valence-corrected chi connectivity index (χ4v) is 2.33. The molecule has 0 atom stereocenters. The van der Waals surface area contributed by atoms with Crippen LogP contribution in [0.2, 0.25) is 5.02 Å². The quantitative estimate of drug-likeness (QED) is 0.869. The van der Waals surface area contributed by atoms with Crippen LogP contribution in [0.1, 0.15) is 24.1 Å². The second-order valence-corrected chi connectivity index (χ2v) is 4.37. The molecule has 15 heavy (non-hydrogen) atoms. The van der Waals surface area contributed by atoms with E-state index in [2.05, 4.69) is 0 Å². The zero-order valence-electron chi connectivity index (χ0n) is 7.67. The molecule has 0 amide bonds. The first-order valence-corrected chi connectivity index (χ1v) is 5.52. The van der Waals surface area contributed by atoms with Crippen molar-refractivity contribution in [2.45, 2.75) is 25.2 Å². The van der Waals surface area contributed by atoms with E-state index >= 15 is 0 Å². The number of rotatable bonds is 5. The van der Waals surface area contributed by atoms with Crippen LogP contribution in [0.4, 0.5) is 8.78 Å². The van der Waals surface area contributed by atoms with Gasteiger partial charge in [0.05, 0.1) is 9.90 Å². The average molecular weight is 255 g/mol. The number of hydrogen-bond donors (Lipinski definition) is 1. The highest BCUT2D eigenvalue weighted by molar-refractivity contribution is 7.10. The third-order valence-electron chi connectivity index (χ3n) is 1.83. The van der Waals surface area contributed by atoms with Crippen molar-refractivity contribution < 1.29 is 18.7 Å². The van der Waals surface area contributed by atoms with Crippen LogP contribution in [-0.4, -0.2) is 11.1 Å². The minimum absolute atomic E-state index is 0.0420. The van der Waals surface area contributed by atoms with Crippen molar-refractivity contribution in [3.8, 4) is 0 Å². The van der Waals surface area contributed by atoms with Gasteiger partial charge in [0.15, 0.2) is 0 Å². The van der Waals surface area contributed by atoms with Gasteiger partial charge in [-0.3, -0.25) is 4.79 Å². The Morgan fingerprint density at radius 3 is 2.73 bits per heavy atom. The van der Waals surface area contributed by atoms with Crippen LogP contribution in [0.25, 0.3) is 0 Å². The van der Waals surface area contributed by atoms with E-state index in [1.54, 1.807) is 0 Å². The normalized spacial score (nSPS) is 11.7. The SMILES string of the molecule is O=C(O)CCCC(F)(F)c1sccc1Cl. The number of thiophene rings is 1. The van der Waals surface area contributed by atoms with Gasteiger partial charge in [0.25, 0.3) is 5.92 Å². The number of carbonyl (C=O) groups is 1. The Balaban J connectivity index is 2.59. The van der Waals surface area contributed by atoms with E-state index in [1.165, 1.54) is 11.4 Å². The van der Waals surface area contributed by atoms with E-state index in [0.29, 0.717) is 0 Å². The molecule has 0 aliphatic heterocycles. The first kappa shape index (κ1) is 12.4. The molecule has 0 bridgehead atoms. The maximum atomic E-state index is 13.4. The van der Waals surface area contributed by atoms with Gasteiger partial charge in [0, 0.05) is 12.8 Å². The smallest absolute Gasteiger partial charge is 0.303 e. The summed E-state index contributed by atoms with van der Waals surface area (Å²) in [5.41, 5.74) is 0. The number of carboxylic acids is 1. The van der Waals surface area contributed by atoms with Gasteiger partial charge < -0.3 is 5.11 Å². The van der Waals surface area contributed by atoms with E-state index in [0.717, 1.165) is 11.3 Å². The topological polar surface area (TPSA) is 37.3 Å². The summed E-state index contributed by atoms with van der Waals surface area (Å²) in [6, 6.07) is 1.41. The highest BCUT2D eigenvalue weighted by Gasteiger charge is 2.34. The molecule has 1 heterocycles. The van der Waals surface area contributed by atoms with Crippen molar-refractivity contribution in [1.29, 1.82) is 0 Å². The van der Waals surface area contributed by atoms with E-state index in [9.17, 15) is 13.6 Å². The summed E-state index contributed by atoms with van der Waals surface area (Å²) in [5, 5.41) is 9.86. The lowest BCUT2D eigenvalue weighted by molar-refractivity contribution is -0.137. The molecule has 0 radical (unpaired) electrons. The van der Waals surface area contributed by atoms with Crippen molar-refractivity contribution in [2.24, 2.45) is 0 Å². The molecular weight excluding hydrogens is 246 g/mol. The fraction of sp³-hybridized carbons (Fsp3) is 0.444. The van der Waals surface area contributed by atoms with E-state index < -0.39 is 18.3 Å². The summed E-state index contributed by atoms with van der Waals surface area (Å²) in [6.45, 7) is 0. The zero-order valence-corrected chi connectivity index (χ0v) is 9.25. The summed E-state index contributed by atoms with van der Waals surface area (Å²) >= 11 is 6.47. The van der Waals surface area contributed by atoms with Crippen LogP contribution >= 0.6 is 22.9 Å². The Morgan fingerprint density at radius 2 is 2.27 bits per heavy atom. The van der Waals surface area contributed by atoms with Gasteiger partial charge >= 0.3 is 5.97 Å². The fourth-order valence-electron chi connectivity index (χ4n) is 1.13. The van der Waals surface area contributed by atoms with Gasteiger partial charge in [-0.2, -0.15) is 0 Å². The second-order valence-electron chi connectivity index (χ2n) is 3.05. The number of halogens is 3. The minimum atomic E-state index is -3.03. The summed E-state index contributed by atoms with van der Waals surface area (Å²) in [5.74, 6) is -4.09. The molecule has 6 heteroatoms. The molecule has 1 rings (SSSR count). The van der Waals surface area contributed by atoms with Crippen LogP contribution in [0, 0.1) is 0 Å². The van der Waals surface area contributed by atoms with Crippen molar-refractivity contribution in [2.75, 3.05) is 0 Å². The van der Waals surface area contributed by atoms with E-state index in [-0.39, 0.29) is 22.7 Å². The number of alkyl halides is 2. The minimum Gasteiger partial charge on any atom is -0.481 e. The van der Waals surface area contributed by atoms with Gasteiger partial charge in [-0.15, -0.1) is 11.3 Å². The molecule has 2 nitrogen and oxygen atoms in total.